The molecule has 1 rings (SSSR count). The number of rotatable bonds is 3. The van der Waals surface area contributed by atoms with Crippen LogP contribution in [-0.4, -0.2) is 0 Å². The van der Waals surface area contributed by atoms with Gasteiger partial charge in [-0.15, -0.1) is 0 Å². The van der Waals surface area contributed by atoms with Crippen molar-refractivity contribution in [3.8, 4) is 0 Å². The van der Waals surface area contributed by atoms with Gasteiger partial charge in [0.1, 0.15) is 5.82 Å². The Labute approximate surface area is 72.4 Å². The average molecular weight is 167 g/mol. The lowest BCUT2D eigenvalue weighted by atomic mass is 10.1. The van der Waals surface area contributed by atoms with Gasteiger partial charge in [-0.25, -0.2) is 4.39 Å². The van der Waals surface area contributed by atoms with Crippen LogP contribution in [0.1, 0.15) is 25.3 Å². The van der Waals surface area contributed by atoms with E-state index in [9.17, 15) is 4.39 Å². The smallest absolute Gasteiger partial charge is 0.126 e. The van der Waals surface area contributed by atoms with Crippen LogP contribution in [0.2, 0.25) is 0 Å². The van der Waals surface area contributed by atoms with E-state index in [1.165, 1.54) is 6.07 Å². The maximum atomic E-state index is 13.0. The van der Waals surface area contributed by atoms with Gasteiger partial charge in [-0.3, -0.25) is 0 Å². The summed E-state index contributed by atoms with van der Waals surface area (Å²) in [7, 11) is 0. The Kier molecular flexibility index (Phi) is 3.09. The zero-order valence-corrected chi connectivity index (χ0v) is 7.31. The maximum absolute atomic E-state index is 13.0. The summed E-state index contributed by atoms with van der Waals surface area (Å²) in [6.07, 6.45) is 2.88. The van der Waals surface area contributed by atoms with Crippen LogP contribution in [0.25, 0.3) is 0 Å². The van der Waals surface area contributed by atoms with Gasteiger partial charge in [-0.2, -0.15) is 0 Å². The fraction of sp³-hybridized carbons (Fsp3) is 0.400. The van der Waals surface area contributed by atoms with Crippen LogP contribution in [0.3, 0.4) is 0 Å². The normalized spacial score (nSPS) is 10.2. The summed E-state index contributed by atoms with van der Waals surface area (Å²) in [5.41, 5.74) is 6.91. The number of hydrogen-bond acceptors (Lipinski definition) is 1. The summed E-state index contributed by atoms with van der Waals surface area (Å²) in [6.45, 7) is 2.09. The maximum Gasteiger partial charge on any atom is 0.126 e. The number of aryl methyl sites for hydroxylation is 1. The van der Waals surface area contributed by atoms with E-state index < -0.39 is 0 Å². The monoisotopic (exact) mass is 167 g/mol. The van der Waals surface area contributed by atoms with Crippen molar-refractivity contribution in [2.24, 2.45) is 0 Å². The fourth-order valence-corrected chi connectivity index (χ4v) is 1.15. The number of nitrogens with two attached hydrogens (primary N) is 1. The summed E-state index contributed by atoms with van der Waals surface area (Å²) in [5, 5.41) is 0. The predicted octanol–water partition coefficient (Wildman–Crippen LogP) is 2.75. The Morgan fingerprint density at radius 3 is 2.83 bits per heavy atom. The number of benzene rings is 1. The Morgan fingerprint density at radius 2 is 2.17 bits per heavy atom. The van der Waals surface area contributed by atoms with Gasteiger partial charge in [-0.1, -0.05) is 13.3 Å². The Balaban J connectivity index is 2.75. The van der Waals surface area contributed by atoms with E-state index in [2.05, 4.69) is 6.92 Å². The zero-order chi connectivity index (χ0) is 8.97. The van der Waals surface area contributed by atoms with Crippen LogP contribution in [0, 0.1) is 5.82 Å². The second-order valence-corrected chi connectivity index (χ2v) is 2.95. The molecule has 0 heterocycles. The highest BCUT2D eigenvalue weighted by molar-refractivity contribution is 5.41. The number of unbranched alkanes of at least 4 members (excludes halogenated alkanes) is 1. The van der Waals surface area contributed by atoms with E-state index in [1.807, 2.05) is 0 Å². The minimum Gasteiger partial charge on any atom is -0.399 e. The molecule has 0 fully saturated rings. The van der Waals surface area contributed by atoms with Crippen molar-refractivity contribution in [3.63, 3.8) is 0 Å². The molecule has 0 spiro atoms. The topological polar surface area (TPSA) is 26.0 Å². The van der Waals surface area contributed by atoms with E-state index in [0.717, 1.165) is 24.8 Å². The highest BCUT2D eigenvalue weighted by Gasteiger charge is 2.00. The van der Waals surface area contributed by atoms with Crippen molar-refractivity contribution in [1.29, 1.82) is 0 Å². The average Bonchev–Trinajstić information content (AvgIpc) is 2.07. The Hall–Kier alpha value is -1.05. The molecule has 12 heavy (non-hydrogen) atoms. The van der Waals surface area contributed by atoms with Crippen LogP contribution in [0.4, 0.5) is 10.1 Å². The van der Waals surface area contributed by atoms with E-state index >= 15 is 0 Å². The summed E-state index contributed by atoms with van der Waals surface area (Å²) < 4.78 is 13.0. The lowest BCUT2D eigenvalue weighted by molar-refractivity contribution is 0.603. The van der Waals surface area contributed by atoms with Gasteiger partial charge < -0.3 is 5.73 Å². The van der Waals surface area contributed by atoms with E-state index in [0.29, 0.717) is 5.69 Å². The third kappa shape index (κ3) is 2.22. The summed E-state index contributed by atoms with van der Waals surface area (Å²) >= 11 is 0. The molecule has 0 amide bonds. The molecule has 0 aliphatic rings. The fourth-order valence-electron chi connectivity index (χ4n) is 1.15. The second-order valence-electron chi connectivity index (χ2n) is 2.95. The molecule has 0 radical (unpaired) electrons. The molecule has 0 aliphatic heterocycles. The van der Waals surface area contributed by atoms with Crippen LogP contribution in [0.15, 0.2) is 18.2 Å². The van der Waals surface area contributed by atoms with Gasteiger partial charge in [0.15, 0.2) is 0 Å². The lowest BCUT2D eigenvalue weighted by Gasteiger charge is -2.02. The molecule has 0 bridgehead atoms. The molecule has 0 saturated carbocycles. The Bertz CT molecular complexity index is 258. The molecule has 1 nitrogen and oxygen atoms in total. The molecule has 66 valence electrons. The van der Waals surface area contributed by atoms with Crippen LogP contribution in [0.5, 0.6) is 0 Å². The summed E-state index contributed by atoms with van der Waals surface area (Å²) in [6, 6.07) is 4.73. The Morgan fingerprint density at radius 1 is 1.42 bits per heavy atom. The first kappa shape index (κ1) is 9.04. The van der Waals surface area contributed by atoms with Crippen molar-refractivity contribution in [1.82, 2.24) is 0 Å². The molecular formula is C10H14FN. The van der Waals surface area contributed by atoms with Crippen LogP contribution >= 0.6 is 0 Å². The standard InChI is InChI=1S/C10H14FN/c1-2-3-4-8-7-9(12)5-6-10(8)11/h5-7H,2-4,12H2,1H3. The van der Waals surface area contributed by atoms with Crippen molar-refractivity contribution in [2.75, 3.05) is 5.73 Å². The number of hydrogen-bond donors (Lipinski definition) is 1. The molecule has 0 saturated heterocycles. The van der Waals surface area contributed by atoms with Gasteiger partial charge >= 0.3 is 0 Å². The van der Waals surface area contributed by atoms with Crippen LogP contribution in [-0.2, 0) is 6.42 Å². The molecular weight excluding hydrogens is 153 g/mol. The molecule has 0 aliphatic carbocycles. The van der Waals surface area contributed by atoms with Gasteiger partial charge in [0, 0.05) is 5.69 Å². The minimum atomic E-state index is -0.141. The highest BCUT2D eigenvalue weighted by atomic mass is 19.1. The number of nitrogen functional groups attached to an aromatic ring is 1. The molecule has 0 atom stereocenters. The predicted molar refractivity (Wildman–Crippen MR) is 49.4 cm³/mol. The third-order valence-corrected chi connectivity index (χ3v) is 1.87. The van der Waals surface area contributed by atoms with Crippen molar-refractivity contribution >= 4 is 5.69 Å². The molecule has 0 unspecified atom stereocenters. The highest BCUT2D eigenvalue weighted by Crippen LogP contribution is 2.14. The number of anilines is 1. The lowest BCUT2D eigenvalue weighted by Crippen LogP contribution is -1.93. The molecule has 2 heteroatoms. The molecule has 1 aromatic rings. The van der Waals surface area contributed by atoms with Crippen molar-refractivity contribution < 1.29 is 4.39 Å². The second kappa shape index (κ2) is 4.10. The first-order valence-corrected chi connectivity index (χ1v) is 4.28. The van der Waals surface area contributed by atoms with E-state index in [4.69, 9.17) is 5.73 Å². The SMILES string of the molecule is CCCCc1cc(N)ccc1F. The van der Waals surface area contributed by atoms with E-state index in [1.54, 1.807) is 12.1 Å². The molecule has 1 aromatic carbocycles. The quantitative estimate of drug-likeness (QED) is 0.688. The molecule has 2 N–H and O–H groups in total. The van der Waals surface area contributed by atoms with Crippen molar-refractivity contribution in [3.05, 3.63) is 29.6 Å². The first-order chi connectivity index (χ1) is 5.74. The molecule has 0 aromatic heterocycles. The summed E-state index contributed by atoms with van der Waals surface area (Å²) in [5.74, 6) is -0.141. The van der Waals surface area contributed by atoms with Gasteiger partial charge in [0.25, 0.3) is 0 Å². The van der Waals surface area contributed by atoms with Gasteiger partial charge in [-0.05, 0) is 36.6 Å². The number of halogens is 1. The third-order valence-electron chi connectivity index (χ3n) is 1.87. The zero-order valence-electron chi connectivity index (χ0n) is 7.31. The van der Waals surface area contributed by atoms with Crippen LogP contribution < -0.4 is 5.73 Å². The minimum absolute atomic E-state index is 0.141. The first-order valence-electron chi connectivity index (χ1n) is 4.28. The van der Waals surface area contributed by atoms with E-state index in [-0.39, 0.29) is 5.82 Å². The van der Waals surface area contributed by atoms with Gasteiger partial charge in [0.2, 0.25) is 0 Å². The van der Waals surface area contributed by atoms with Gasteiger partial charge in [0.05, 0.1) is 0 Å². The summed E-state index contributed by atoms with van der Waals surface area (Å²) in [4.78, 5) is 0. The van der Waals surface area contributed by atoms with Crippen molar-refractivity contribution in [2.45, 2.75) is 26.2 Å². The largest absolute Gasteiger partial charge is 0.399 e.